The molecule has 2 aromatic heterocycles. The van der Waals surface area contributed by atoms with Crippen molar-refractivity contribution in [3.05, 3.63) is 106 Å². The van der Waals surface area contributed by atoms with E-state index >= 15 is 0 Å². The first-order valence-electron chi connectivity index (χ1n) is 19.0. The zero-order valence-corrected chi connectivity index (χ0v) is 30.0. The van der Waals surface area contributed by atoms with Crippen molar-refractivity contribution in [2.45, 2.75) is 136 Å². The number of unbranched alkanes of at least 4 members (excludes halogenated alkanes) is 12. The molecule has 0 N–H and O–H groups in total. The van der Waals surface area contributed by atoms with Crippen molar-refractivity contribution in [1.29, 1.82) is 0 Å². The van der Waals surface area contributed by atoms with Gasteiger partial charge in [0.2, 0.25) is 0 Å². The summed E-state index contributed by atoms with van der Waals surface area (Å²) in [4.78, 5) is 13.9. The maximum Gasteiger partial charge on any atom is 0.340 e. The molecule has 3 aromatic carbocycles. The number of para-hydroxylation sites is 2. The summed E-state index contributed by atoms with van der Waals surface area (Å²) in [5, 5.41) is 2.34. The summed E-state index contributed by atoms with van der Waals surface area (Å²) in [5.41, 5.74) is 7.63. The minimum atomic E-state index is -1.04. The van der Waals surface area contributed by atoms with Crippen molar-refractivity contribution in [2.75, 3.05) is 0 Å². The maximum absolute atomic E-state index is 13.9. The summed E-state index contributed by atoms with van der Waals surface area (Å²) in [6.07, 6.45) is 17.9. The first-order chi connectivity index (χ1) is 23.5. The van der Waals surface area contributed by atoms with Gasteiger partial charge in [-0.2, -0.15) is 0 Å². The largest absolute Gasteiger partial charge is 0.440 e. The van der Waals surface area contributed by atoms with Crippen molar-refractivity contribution < 1.29 is 9.53 Å². The Labute approximate surface area is 288 Å². The van der Waals surface area contributed by atoms with Crippen molar-refractivity contribution in [1.82, 2.24) is 9.13 Å². The Bertz CT molecular complexity index is 1740. The summed E-state index contributed by atoms with van der Waals surface area (Å²) in [7, 11) is 0. The second-order valence-corrected chi connectivity index (χ2v) is 14.1. The van der Waals surface area contributed by atoms with Crippen molar-refractivity contribution >= 4 is 27.8 Å². The predicted molar refractivity (Wildman–Crippen MR) is 201 cm³/mol. The third kappa shape index (κ3) is 6.35. The average Bonchev–Trinajstić information content (AvgIpc) is 3.67. The Balaban J connectivity index is 1.46. The molecule has 0 saturated heterocycles. The Hall–Kier alpha value is -3.79. The van der Waals surface area contributed by atoms with Gasteiger partial charge in [-0.1, -0.05) is 145 Å². The monoisotopic (exact) mass is 644 g/mol. The summed E-state index contributed by atoms with van der Waals surface area (Å²) >= 11 is 0. The number of nitrogens with zero attached hydrogens (tertiary/aromatic N) is 2. The van der Waals surface area contributed by atoms with Crippen LogP contribution < -0.4 is 0 Å². The number of carbonyl (C=O) groups is 1. The Morgan fingerprint density at radius 3 is 1.46 bits per heavy atom. The Morgan fingerprint density at radius 2 is 0.958 bits per heavy atom. The lowest BCUT2D eigenvalue weighted by atomic mass is 9.77. The molecule has 0 atom stereocenters. The molecule has 48 heavy (non-hydrogen) atoms. The van der Waals surface area contributed by atoms with Crippen LogP contribution in [0.25, 0.3) is 21.8 Å². The molecule has 0 bridgehead atoms. The number of aromatic nitrogens is 2. The molecule has 4 nitrogen and oxygen atoms in total. The van der Waals surface area contributed by atoms with Gasteiger partial charge in [0, 0.05) is 63.0 Å². The highest BCUT2D eigenvalue weighted by Gasteiger charge is 2.53. The minimum absolute atomic E-state index is 0.239. The van der Waals surface area contributed by atoms with Gasteiger partial charge in [0.05, 0.1) is 5.56 Å². The molecular formula is C44H56N2O2. The van der Waals surface area contributed by atoms with Gasteiger partial charge < -0.3 is 13.9 Å². The van der Waals surface area contributed by atoms with E-state index in [-0.39, 0.29) is 5.97 Å². The first-order valence-corrected chi connectivity index (χ1v) is 19.0. The maximum atomic E-state index is 13.9. The van der Waals surface area contributed by atoms with Gasteiger partial charge in [0.1, 0.15) is 0 Å². The van der Waals surface area contributed by atoms with Crippen LogP contribution in [-0.2, 0) is 23.4 Å². The standard InChI is InChI=1S/C44H56N2O2/c1-5-7-9-11-13-15-23-31-45-33(3)41(36-26-18-21-29-39(36)45)44(38-28-20-17-25-35(38)43(47)48-44)42-34(4)46(40-30-22-19-27-37(40)42)32-24-16-14-12-10-8-6-2/h17-22,25-30H,5-16,23-24,31-32H2,1-4H3. The summed E-state index contributed by atoms with van der Waals surface area (Å²) in [6, 6.07) is 25.6. The van der Waals surface area contributed by atoms with Gasteiger partial charge in [-0.25, -0.2) is 4.79 Å². The number of fused-ring (bicyclic) bond motifs is 3. The molecule has 0 fully saturated rings. The average molecular weight is 645 g/mol. The highest BCUT2D eigenvalue weighted by molar-refractivity contribution is 6.01. The number of rotatable bonds is 18. The lowest BCUT2D eigenvalue weighted by molar-refractivity contribution is 0.0255. The van der Waals surface area contributed by atoms with Gasteiger partial charge in [-0.05, 0) is 44.9 Å². The Morgan fingerprint density at radius 1 is 0.542 bits per heavy atom. The van der Waals surface area contributed by atoms with Crippen LogP contribution in [0.5, 0.6) is 0 Å². The molecule has 0 spiro atoms. The van der Waals surface area contributed by atoms with E-state index in [1.165, 1.54) is 110 Å². The number of benzene rings is 3. The van der Waals surface area contributed by atoms with Crippen LogP contribution in [0.2, 0.25) is 0 Å². The number of cyclic esters (lactones) is 1. The molecule has 0 unspecified atom stereocenters. The third-order valence-electron chi connectivity index (χ3n) is 10.9. The minimum Gasteiger partial charge on any atom is -0.440 e. The quantitative estimate of drug-likeness (QED) is 0.0703. The molecule has 254 valence electrons. The van der Waals surface area contributed by atoms with Crippen LogP contribution in [0.1, 0.15) is 142 Å². The van der Waals surface area contributed by atoms with E-state index in [2.05, 4.69) is 97.5 Å². The normalized spacial score (nSPS) is 13.9. The summed E-state index contributed by atoms with van der Waals surface area (Å²) in [6.45, 7) is 11.0. The number of esters is 1. The molecule has 1 aliphatic rings. The Kier molecular flexibility index (Phi) is 11.1. The van der Waals surface area contributed by atoms with Crippen LogP contribution in [0.4, 0.5) is 0 Å². The van der Waals surface area contributed by atoms with Crippen molar-refractivity contribution in [3.63, 3.8) is 0 Å². The predicted octanol–water partition coefficient (Wildman–Crippen LogP) is 12.2. The molecule has 1 aliphatic heterocycles. The third-order valence-corrected chi connectivity index (χ3v) is 10.9. The molecular weight excluding hydrogens is 588 g/mol. The fourth-order valence-corrected chi connectivity index (χ4v) is 8.49. The zero-order valence-electron chi connectivity index (χ0n) is 30.0. The number of hydrogen-bond donors (Lipinski definition) is 0. The number of aryl methyl sites for hydroxylation is 2. The van der Waals surface area contributed by atoms with Gasteiger partial charge in [0.15, 0.2) is 5.60 Å². The van der Waals surface area contributed by atoms with E-state index in [0.717, 1.165) is 42.6 Å². The topological polar surface area (TPSA) is 36.2 Å². The summed E-state index contributed by atoms with van der Waals surface area (Å²) in [5.74, 6) is -0.239. The molecule has 3 heterocycles. The highest BCUT2D eigenvalue weighted by Crippen LogP contribution is 2.54. The molecule has 0 amide bonds. The molecule has 0 aliphatic carbocycles. The number of ether oxygens (including phenoxy) is 1. The fourth-order valence-electron chi connectivity index (χ4n) is 8.49. The van der Waals surface area contributed by atoms with E-state index in [1.807, 2.05) is 12.1 Å². The van der Waals surface area contributed by atoms with Crippen molar-refractivity contribution in [3.8, 4) is 0 Å². The van der Waals surface area contributed by atoms with Crippen LogP contribution in [0.3, 0.4) is 0 Å². The van der Waals surface area contributed by atoms with Crippen LogP contribution in [-0.4, -0.2) is 15.1 Å². The van der Waals surface area contributed by atoms with E-state index < -0.39 is 5.60 Å². The molecule has 0 saturated carbocycles. The van der Waals surface area contributed by atoms with Gasteiger partial charge in [-0.15, -0.1) is 0 Å². The van der Waals surface area contributed by atoms with E-state index in [0.29, 0.717) is 5.56 Å². The van der Waals surface area contributed by atoms with Crippen LogP contribution in [0, 0.1) is 13.8 Å². The number of hydrogen-bond acceptors (Lipinski definition) is 2. The lowest BCUT2D eigenvalue weighted by Crippen LogP contribution is -2.31. The van der Waals surface area contributed by atoms with E-state index in [4.69, 9.17) is 4.74 Å². The molecule has 5 aromatic rings. The van der Waals surface area contributed by atoms with Crippen LogP contribution >= 0.6 is 0 Å². The second kappa shape index (κ2) is 15.6. The second-order valence-electron chi connectivity index (χ2n) is 14.1. The first kappa shape index (κ1) is 34.1. The van der Waals surface area contributed by atoms with Gasteiger partial charge in [-0.3, -0.25) is 0 Å². The smallest absolute Gasteiger partial charge is 0.340 e. The van der Waals surface area contributed by atoms with E-state index in [9.17, 15) is 4.79 Å². The lowest BCUT2D eigenvalue weighted by Gasteiger charge is -2.31. The van der Waals surface area contributed by atoms with Gasteiger partial charge in [0.25, 0.3) is 0 Å². The number of carbonyl (C=O) groups excluding carboxylic acids is 1. The van der Waals surface area contributed by atoms with Gasteiger partial charge >= 0.3 is 5.97 Å². The highest BCUT2D eigenvalue weighted by atomic mass is 16.6. The van der Waals surface area contributed by atoms with E-state index in [1.54, 1.807) is 0 Å². The van der Waals surface area contributed by atoms with Crippen LogP contribution in [0.15, 0.2) is 72.8 Å². The molecule has 6 rings (SSSR count). The SMILES string of the molecule is CCCCCCCCCn1c(C)c(C2(c3c(C)n(CCCCCCCCC)c4ccccc34)OC(=O)c3ccccc32)c2ccccc21. The molecule has 4 heteroatoms. The fraction of sp³-hybridized carbons (Fsp3) is 0.477. The summed E-state index contributed by atoms with van der Waals surface area (Å²) < 4.78 is 11.9. The molecule has 0 radical (unpaired) electrons. The van der Waals surface area contributed by atoms with Crippen molar-refractivity contribution in [2.24, 2.45) is 0 Å². The zero-order chi connectivity index (χ0) is 33.5.